The van der Waals surface area contributed by atoms with E-state index in [1.54, 1.807) is 0 Å². The van der Waals surface area contributed by atoms with Crippen LogP contribution in [0.25, 0.3) is 0 Å². The molecule has 100 valence electrons. The minimum atomic E-state index is 0.476. The SMILES string of the molecule is CCNC(c1ccc(Cl)c(Br)c1)C1CCCCC1. The van der Waals surface area contributed by atoms with Crippen LogP contribution < -0.4 is 5.32 Å². The van der Waals surface area contributed by atoms with E-state index in [0.29, 0.717) is 6.04 Å². The predicted molar refractivity (Wildman–Crippen MR) is 82.1 cm³/mol. The summed E-state index contributed by atoms with van der Waals surface area (Å²) in [4.78, 5) is 0. The third kappa shape index (κ3) is 3.49. The van der Waals surface area contributed by atoms with E-state index in [-0.39, 0.29) is 0 Å². The molecular weight excluding hydrogens is 310 g/mol. The van der Waals surface area contributed by atoms with Crippen molar-refractivity contribution >= 4 is 27.5 Å². The average Bonchev–Trinajstić information content (AvgIpc) is 2.40. The normalized spacial score (nSPS) is 18.8. The van der Waals surface area contributed by atoms with E-state index >= 15 is 0 Å². The Hall–Kier alpha value is -0.0500. The van der Waals surface area contributed by atoms with Gasteiger partial charge in [0.2, 0.25) is 0 Å². The summed E-state index contributed by atoms with van der Waals surface area (Å²) >= 11 is 9.61. The number of halogens is 2. The van der Waals surface area contributed by atoms with Crippen molar-refractivity contribution in [1.29, 1.82) is 0 Å². The molecule has 2 rings (SSSR count). The summed E-state index contributed by atoms with van der Waals surface area (Å²) in [5.74, 6) is 0.770. The second-order valence-electron chi connectivity index (χ2n) is 5.11. The quantitative estimate of drug-likeness (QED) is 0.786. The lowest BCUT2D eigenvalue weighted by Crippen LogP contribution is -2.29. The molecule has 1 nitrogen and oxygen atoms in total. The third-order valence-corrected chi connectivity index (χ3v) is 5.06. The van der Waals surface area contributed by atoms with Gasteiger partial charge in [-0.25, -0.2) is 0 Å². The zero-order valence-corrected chi connectivity index (χ0v) is 13.2. The first kappa shape index (κ1) is 14.4. The van der Waals surface area contributed by atoms with E-state index in [0.717, 1.165) is 22.0 Å². The molecular formula is C15H21BrClN. The van der Waals surface area contributed by atoms with Crippen molar-refractivity contribution in [2.45, 2.75) is 45.1 Å². The molecule has 1 aliphatic carbocycles. The molecule has 1 aromatic rings. The molecule has 0 bridgehead atoms. The maximum absolute atomic E-state index is 6.08. The molecule has 0 aliphatic heterocycles. The summed E-state index contributed by atoms with van der Waals surface area (Å²) in [6, 6.07) is 6.80. The van der Waals surface area contributed by atoms with Gasteiger partial charge in [-0.15, -0.1) is 0 Å². The Morgan fingerprint density at radius 3 is 2.67 bits per heavy atom. The summed E-state index contributed by atoms with van der Waals surface area (Å²) in [6.07, 6.45) is 6.85. The van der Waals surface area contributed by atoms with Crippen LogP contribution >= 0.6 is 27.5 Å². The molecule has 0 spiro atoms. The lowest BCUT2D eigenvalue weighted by atomic mass is 9.81. The van der Waals surface area contributed by atoms with Crippen molar-refractivity contribution in [3.8, 4) is 0 Å². The van der Waals surface area contributed by atoms with Crippen molar-refractivity contribution in [2.24, 2.45) is 5.92 Å². The maximum atomic E-state index is 6.08. The number of benzene rings is 1. The van der Waals surface area contributed by atoms with Gasteiger partial charge >= 0.3 is 0 Å². The summed E-state index contributed by atoms with van der Waals surface area (Å²) < 4.78 is 1.00. The molecule has 0 aromatic heterocycles. The van der Waals surface area contributed by atoms with E-state index in [1.165, 1.54) is 37.7 Å². The predicted octanol–water partition coefficient (Wildman–Crippen LogP) is 5.33. The summed E-state index contributed by atoms with van der Waals surface area (Å²) in [5, 5.41) is 4.44. The van der Waals surface area contributed by atoms with Crippen molar-refractivity contribution in [2.75, 3.05) is 6.54 Å². The van der Waals surface area contributed by atoms with Gasteiger partial charge in [-0.1, -0.05) is 43.9 Å². The molecule has 1 N–H and O–H groups in total. The Morgan fingerprint density at radius 1 is 1.33 bits per heavy atom. The summed E-state index contributed by atoms with van der Waals surface area (Å²) in [7, 11) is 0. The molecule has 0 radical (unpaired) electrons. The Balaban J connectivity index is 2.19. The highest BCUT2D eigenvalue weighted by Gasteiger charge is 2.24. The average molecular weight is 331 g/mol. The van der Waals surface area contributed by atoms with Crippen LogP contribution in [-0.2, 0) is 0 Å². The Morgan fingerprint density at radius 2 is 2.06 bits per heavy atom. The van der Waals surface area contributed by atoms with Gasteiger partial charge in [0.1, 0.15) is 0 Å². The number of hydrogen-bond donors (Lipinski definition) is 1. The molecule has 0 amide bonds. The van der Waals surface area contributed by atoms with Crippen LogP contribution in [0.15, 0.2) is 22.7 Å². The van der Waals surface area contributed by atoms with Crippen molar-refractivity contribution in [3.63, 3.8) is 0 Å². The maximum Gasteiger partial charge on any atom is 0.0548 e. The van der Waals surface area contributed by atoms with Gasteiger partial charge in [-0.3, -0.25) is 0 Å². The zero-order valence-electron chi connectivity index (χ0n) is 10.9. The molecule has 0 heterocycles. The van der Waals surface area contributed by atoms with Gasteiger partial charge in [-0.2, -0.15) is 0 Å². The fraction of sp³-hybridized carbons (Fsp3) is 0.600. The fourth-order valence-corrected chi connectivity index (χ4v) is 3.46. The van der Waals surface area contributed by atoms with Crippen molar-refractivity contribution < 1.29 is 0 Å². The first-order valence-corrected chi connectivity index (χ1v) is 8.07. The highest BCUT2D eigenvalue weighted by Crippen LogP contribution is 2.36. The van der Waals surface area contributed by atoms with Crippen molar-refractivity contribution in [1.82, 2.24) is 5.32 Å². The lowest BCUT2D eigenvalue weighted by molar-refractivity contribution is 0.274. The van der Waals surface area contributed by atoms with Crippen LogP contribution in [0.4, 0.5) is 0 Å². The van der Waals surface area contributed by atoms with E-state index in [2.05, 4.69) is 40.3 Å². The molecule has 0 saturated heterocycles. The van der Waals surface area contributed by atoms with Gasteiger partial charge < -0.3 is 5.32 Å². The zero-order chi connectivity index (χ0) is 13.0. The van der Waals surface area contributed by atoms with Gasteiger partial charge in [-0.05, 0) is 58.9 Å². The standard InChI is InChI=1S/C15H21BrClN/c1-2-18-15(11-6-4-3-5-7-11)12-8-9-14(17)13(16)10-12/h8-11,15,18H,2-7H2,1H3. The van der Waals surface area contributed by atoms with E-state index in [4.69, 9.17) is 11.6 Å². The molecule has 3 heteroatoms. The first-order chi connectivity index (χ1) is 8.72. The third-order valence-electron chi connectivity index (χ3n) is 3.85. The van der Waals surface area contributed by atoms with Crippen LogP contribution in [0.5, 0.6) is 0 Å². The lowest BCUT2D eigenvalue weighted by Gasteiger charge is -2.31. The summed E-state index contributed by atoms with van der Waals surface area (Å²) in [6.45, 7) is 3.20. The highest BCUT2D eigenvalue weighted by molar-refractivity contribution is 9.10. The molecule has 1 fully saturated rings. The Kier molecular flexibility index (Phi) is 5.53. The first-order valence-electron chi connectivity index (χ1n) is 6.90. The topological polar surface area (TPSA) is 12.0 Å². The van der Waals surface area contributed by atoms with E-state index < -0.39 is 0 Å². The molecule has 1 saturated carbocycles. The summed E-state index contributed by atoms with van der Waals surface area (Å²) in [5.41, 5.74) is 1.36. The molecule has 1 aliphatic rings. The van der Waals surface area contributed by atoms with Gasteiger partial charge in [0.25, 0.3) is 0 Å². The molecule has 1 aromatic carbocycles. The van der Waals surface area contributed by atoms with Crippen LogP contribution in [0.2, 0.25) is 5.02 Å². The second-order valence-corrected chi connectivity index (χ2v) is 6.37. The largest absolute Gasteiger partial charge is 0.310 e. The van der Waals surface area contributed by atoms with Crippen molar-refractivity contribution in [3.05, 3.63) is 33.3 Å². The van der Waals surface area contributed by atoms with Gasteiger partial charge in [0.05, 0.1) is 5.02 Å². The van der Waals surface area contributed by atoms with E-state index in [9.17, 15) is 0 Å². The van der Waals surface area contributed by atoms with Gasteiger partial charge in [0.15, 0.2) is 0 Å². The smallest absolute Gasteiger partial charge is 0.0548 e. The molecule has 1 unspecified atom stereocenters. The Bertz CT molecular complexity index is 388. The van der Waals surface area contributed by atoms with E-state index in [1.807, 2.05) is 6.07 Å². The number of rotatable bonds is 4. The minimum Gasteiger partial charge on any atom is -0.310 e. The van der Waals surface area contributed by atoms with Crippen LogP contribution in [0.3, 0.4) is 0 Å². The number of hydrogen-bond acceptors (Lipinski definition) is 1. The molecule has 18 heavy (non-hydrogen) atoms. The highest BCUT2D eigenvalue weighted by atomic mass is 79.9. The van der Waals surface area contributed by atoms with Crippen LogP contribution in [0, 0.1) is 5.92 Å². The van der Waals surface area contributed by atoms with Crippen LogP contribution in [0.1, 0.15) is 50.6 Å². The Labute approximate surface area is 123 Å². The monoisotopic (exact) mass is 329 g/mol. The second kappa shape index (κ2) is 6.93. The molecule has 1 atom stereocenters. The fourth-order valence-electron chi connectivity index (χ4n) is 2.95. The van der Waals surface area contributed by atoms with Crippen LogP contribution in [-0.4, -0.2) is 6.54 Å². The number of nitrogens with one attached hydrogen (secondary N) is 1. The minimum absolute atomic E-state index is 0.476. The van der Waals surface area contributed by atoms with Gasteiger partial charge in [0, 0.05) is 10.5 Å².